The monoisotopic (exact) mass is 434 g/mol. The third-order valence-corrected chi connectivity index (χ3v) is 6.52. The van der Waals surface area contributed by atoms with Crippen molar-refractivity contribution >= 4 is 33.2 Å². The second-order valence-corrected chi connectivity index (χ2v) is 8.56. The van der Waals surface area contributed by atoms with Gasteiger partial charge >= 0.3 is 0 Å². The fourth-order valence-electron chi connectivity index (χ4n) is 3.19. The smallest absolute Gasteiger partial charge is 0.255 e. The van der Waals surface area contributed by atoms with Gasteiger partial charge in [-0.15, -0.1) is 0 Å². The molecule has 0 radical (unpaired) electrons. The number of carbonyl (C=O) groups excluding carboxylic acids is 2. The molecule has 160 valence electrons. The molecule has 9 nitrogen and oxygen atoms in total. The zero-order valence-corrected chi connectivity index (χ0v) is 17.8. The number of benzene rings is 2. The van der Waals surface area contributed by atoms with E-state index in [9.17, 15) is 18.0 Å². The van der Waals surface area contributed by atoms with Crippen molar-refractivity contribution in [1.29, 1.82) is 0 Å². The predicted octanol–water partition coefficient (Wildman–Crippen LogP) is 2.28. The summed E-state index contributed by atoms with van der Waals surface area (Å²) in [7, 11) is 0.717. The zero-order chi connectivity index (χ0) is 22.1. The van der Waals surface area contributed by atoms with Crippen LogP contribution in [0.4, 0.5) is 11.4 Å². The zero-order valence-electron chi connectivity index (χ0n) is 17.0. The van der Waals surface area contributed by atoms with Gasteiger partial charge in [-0.05, 0) is 24.3 Å². The van der Waals surface area contributed by atoms with Crippen LogP contribution >= 0.6 is 0 Å². The fraction of sp³-hybridized carbons (Fsp3) is 0.300. The number of nitrogens with zero attached hydrogens (tertiary/aromatic N) is 1. The normalized spacial score (nSPS) is 17.5. The van der Waals surface area contributed by atoms with Crippen molar-refractivity contribution in [1.82, 2.24) is 0 Å². The summed E-state index contributed by atoms with van der Waals surface area (Å²) >= 11 is 0. The summed E-state index contributed by atoms with van der Waals surface area (Å²) < 4.78 is 41.0. The van der Waals surface area contributed by atoms with E-state index in [-0.39, 0.29) is 17.0 Å². The number of carbonyl (C=O) groups is 2. The van der Waals surface area contributed by atoms with Crippen molar-refractivity contribution in [2.24, 2.45) is 5.92 Å². The van der Waals surface area contributed by atoms with Crippen LogP contribution in [0.25, 0.3) is 0 Å². The van der Waals surface area contributed by atoms with E-state index in [0.717, 1.165) is 4.31 Å². The molecule has 0 spiro atoms. The van der Waals surface area contributed by atoms with Crippen molar-refractivity contribution in [2.75, 3.05) is 36.7 Å². The van der Waals surface area contributed by atoms with Gasteiger partial charge < -0.3 is 19.5 Å². The first-order valence-corrected chi connectivity index (χ1v) is 10.6. The van der Waals surface area contributed by atoms with E-state index in [2.05, 4.69) is 5.32 Å². The van der Waals surface area contributed by atoms with Crippen molar-refractivity contribution < 1.29 is 32.2 Å². The minimum atomic E-state index is -3.70. The maximum atomic E-state index is 12.6. The molecule has 1 aliphatic heterocycles. The van der Waals surface area contributed by atoms with Gasteiger partial charge in [0.05, 0.1) is 38.7 Å². The van der Waals surface area contributed by atoms with Crippen LogP contribution in [0.1, 0.15) is 17.3 Å². The van der Waals surface area contributed by atoms with Gasteiger partial charge in [-0.25, -0.2) is 12.7 Å². The van der Waals surface area contributed by atoms with Crippen LogP contribution in [-0.2, 0) is 14.8 Å². The van der Waals surface area contributed by atoms with Crippen molar-refractivity contribution in [3.63, 3.8) is 0 Å². The molecule has 30 heavy (non-hydrogen) atoms. The molecule has 0 aromatic heterocycles. The number of methoxy groups -OCH3 is 3. The third-order valence-electron chi connectivity index (χ3n) is 4.65. The molecule has 1 atom stereocenters. The van der Waals surface area contributed by atoms with Gasteiger partial charge in [0, 0.05) is 23.4 Å². The Balaban J connectivity index is 1.83. The fourth-order valence-corrected chi connectivity index (χ4v) is 5.01. The second-order valence-electron chi connectivity index (χ2n) is 6.70. The Labute approximate surface area is 174 Å². The third kappa shape index (κ3) is 3.90. The molecule has 0 bridgehead atoms. The Morgan fingerprint density at radius 1 is 1.03 bits per heavy atom. The lowest BCUT2D eigenvalue weighted by Gasteiger charge is -2.16. The summed E-state index contributed by atoms with van der Waals surface area (Å²) in [5.41, 5.74) is 0.906. The van der Waals surface area contributed by atoms with Gasteiger partial charge in [-0.2, -0.15) is 0 Å². The SMILES string of the molecule is COc1cc(NC(=O)c2ccc(N3C(=O)[C@H](C)CS3(=O)=O)cc2)cc(OC)c1OC. The summed E-state index contributed by atoms with van der Waals surface area (Å²) in [5, 5.41) is 2.73. The van der Waals surface area contributed by atoms with E-state index in [4.69, 9.17) is 14.2 Å². The van der Waals surface area contributed by atoms with Crippen LogP contribution in [0.2, 0.25) is 0 Å². The quantitative estimate of drug-likeness (QED) is 0.742. The highest BCUT2D eigenvalue weighted by molar-refractivity contribution is 7.94. The number of sulfonamides is 1. The number of nitrogens with one attached hydrogen (secondary N) is 1. The summed E-state index contributed by atoms with van der Waals surface area (Å²) in [6.45, 7) is 1.57. The largest absolute Gasteiger partial charge is 0.493 e. The maximum Gasteiger partial charge on any atom is 0.255 e. The van der Waals surface area contributed by atoms with E-state index in [1.54, 1.807) is 19.1 Å². The topological polar surface area (TPSA) is 111 Å². The molecule has 1 fully saturated rings. The molecule has 2 aromatic rings. The molecular formula is C20H22N2O7S. The van der Waals surface area contributed by atoms with Gasteiger partial charge in [0.15, 0.2) is 11.5 Å². The molecule has 2 aromatic carbocycles. The highest BCUT2D eigenvalue weighted by Gasteiger charge is 2.41. The highest BCUT2D eigenvalue weighted by Crippen LogP contribution is 2.40. The Bertz CT molecular complexity index is 1060. The average Bonchev–Trinajstić information content (AvgIpc) is 2.93. The minimum Gasteiger partial charge on any atom is -0.493 e. The molecule has 0 unspecified atom stereocenters. The lowest BCUT2D eigenvalue weighted by atomic mass is 10.1. The molecule has 1 aliphatic rings. The van der Waals surface area contributed by atoms with Gasteiger partial charge in [0.1, 0.15) is 0 Å². The lowest BCUT2D eigenvalue weighted by molar-refractivity contribution is -0.119. The van der Waals surface area contributed by atoms with Gasteiger partial charge in [-0.1, -0.05) is 6.92 Å². The molecule has 1 N–H and O–H groups in total. The molecule has 2 amide bonds. The van der Waals surface area contributed by atoms with E-state index < -0.39 is 27.8 Å². The van der Waals surface area contributed by atoms with Gasteiger partial charge in [0.2, 0.25) is 21.7 Å². The molecule has 10 heteroatoms. The van der Waals surface area contributed by atoms with Crippen LogP contribution in [-0.4, -0.2) is 47.3 Å². The first-order chi connectivity index (χ1) is 14.2. The molecule has 1 saturated heterocycles. The van der Waals surface area contributed by atoms with Crippen molar-refractivity contribution in [3.05, 3.63) is 42.0 Å². The number of rotatable bonds is 6. The first-order valence-electron chi connectivity index (χ1n) is 9.00. The number of ether oxygens (including phenoxy) is 3. The molecule has 0 saturated carbocycles. The number of hydrogen-bond acceptors (Lipinski definition) is 7. The Hall–Kier alpha value is -3.27. The van der Waals surface area contributed by atoms with Crippen LogP contribution in [0, 0.1) is 5.92 Å². The standard InChI is InChI=1S/C20H22N2O7S/c1-12-11-30(25,26)22(20(12)24)15-7-5-13(6-8-15)19(23)21-14-9-16(27-2)18(29-4)17(10-14)28-3/h5-10,12H,11H2,1-4H3,(H,21,23)/t12-/m1/s1. The maximum absolute atomic E-state index is 12.6. The number of anilines is 2. The molecule has 0 aliphatic carbocycles. The second kappa shape index (κ2) is 8.23. The van der Waals surface area contributed by atoms with Crippen LogP contribution in [0.3, 0.4) is 0 Å². The summed E-state index contributed by atoms with van der Waals surface area (Å²) in [4.78, 5) is 24.8. The predicted molar refractivity (Wildman–Crippen MR) is 111 cm³/mol. The van der Waals surface area contributed by atoms with E-state index in [1.807, 2.05) is 0 Å². The van der Waals surface area contributed by atoms with E-state index in [0.29, 0.717) is 22.9 Å². The van der Waals surface area contributed by atoms with Crippen LogP contribution in [0.5, 0.6) is 17.2 Å². The summed E-state index contributed by atoms with van der Waals surface area (Å²) in [5.74, 6) is -0.575. The summed E-state index contributed by atoms with van der Waals surface area (Å²) in [6.07, 6.45) is 0. The number of hydrogen-bond donors (Lipinski definition) is 1. The van der Waals surface area contributed by atoms with Crippen LogP contribution in [0.15, 0.2) is 36.4 Å². The highest BCUT2D eigenvalue weighted by atomic mass is 32.2. The van der Waals surface area contributed by atoms with Crippen LogP contribution < -0.4 is 23.8 Å². The Morgan fingerprint density at radius 2 is 1.60 bits per heavy atom. The van der Waals surface area contributed by atoms with Gasteiger partial charge in [-0.3, -0.25) is 9.59 Å². The lowest BCUT2D eigenvalue weighted by Crippen LogP contribution is -2.30. The average molecular weight is 434 g/mol. The molecule has 1 heterocycles. The molecular weight excluding hydrogens is 412 g/mol. The van der Waals surface area contributed by atoms with Gasteiger partial charge in [0.25, 0.3) is 5.91 Å². The van der Waals surface area contributed by atoms with Crippen molar-refractivity contribution in [3.8, 4) is 17.2 Å². The first kappa shape index (κ1) is 21.4. The number of amides is 2. The van der Waals surface area contributed by atoms with Crippen molar-refractivity contribution in [2.45, 2.75) is 6.92 Å². The van der Waals surface area contributed by atoms with E-state index >= 15 is 0 Å². The van der Waals surface area contributed by atoms with E-state index in [1.165, 1.54) is 45.6 Å². The Morgan fingerprint density at radius 3 is 2.03 bits per heavy atom. The minimum absolute atomic E-state index is 0.202. The summed E-state index contributed by atoms with van der Waals surface area (Å²) in [6, 6.07) is 8.94. The Kier molecular flexibility index (Phi) is 5.88. The molecule has 3 rings (SSSR count).